The second-order valence-electron chi connectivity index (χ2n) is 5.41. The summed E-state index contributed by atoms with van der Waals surface area (Å²) in [5, 5.41) is 9.63. The quantitative estimate of drug-likeness (QED) is 0.571. The molecule has 0 bridgehead atoms. The highest BCUT2D eigenvalue weighted by Crippen LogP contribution is 2.30. The van der Waals surface area contributed by atoms with E-state index in [1.165, 1.54) is 6.33 Å². The minimum absolute atomic E-state index is 0.522. The normalized spacial score (nSPS) is 11.0. The fourth-order valence-electron chi connectivity index (χ4n) is 2.51. The molecule has 6 nitrogen and oxygen atoms in total. The first-order chi connectivity index (χ1) is 12.1. The zero-order chi connectivity index (χ0) is 17.4. The van der Waals surface area contributed by atoms with E-state index in [0.29, 0.717) is 27.4 Å². The summed E-state index contributed by atoms with van der Waals surface area (Å²) < 4.78 is 1.66. The Morgan fingerprint density at radius 1 is 1.04 bits per heavy atom. The molecule has 0 aliphatic heterocycles. The van der Waals surface area contributed by atoms with Crippen LogP contribution < -0.4 is 5.32 Å². The summed E-state index contributed by atoms with van der Waals surface area (Å²) in [6.45, 7) is 1.90. The third kappa shape index (κ3) is 3.01. The lowest BCUT2D eigenvalue weighted by atomic mass is 10.3. The number of hydrogen-bond acceptors (Lipinski definition) is 5. The van der Waals surface area contributed by atoms with E-state index in [1.807, 2.05) is 25.3 Å². The molecule has 3 aromatic heterocycles. The summed E-state index contributed by atoms with van der Waals surface area (Å²) in [7, 11) is 0. The van der Waals surface area contributed by atoms with Gasteiger partial charge in [0.1, 0.15) is 23.7 Å². The van der Waals surface area contributed by atoms with E-state index >= 15 is 0 Å². The number of benzene rings is 1. The van der Waals surface area contributed by atoms with Crippen LogP contribution in [0.3, 0.4) is 0 Å². The molecule has 0 saturated carbocycles. The van der Waals surface area contributed by atoms with E-state index in [4.69, 9.17) is 23.2 Å². The summed E-state index contributed by atoms with van der Waals surface area (Å²) in [5.74, 6) is 1.31. The molecule has 0 atom stereocenters. The third-order valence-electron chi connectivity index (χ3n) is 3.65. The van der Waals surface area contributed by atoms with Gasteiger partial charge in [0.15, 0.2) is 0 Å². The second kappa shape index (κ2) is 6.31. The number of rotatable bonds is 3. The fraction of sp³-hybridized carbons (Fsp3) is 0.0588. The van der Waals surface area contributed by atoms with E-state index in [0.717, 1.165) is 16.6 Å². The van der Waals surface area contributed by atoms with Gasteiger partial charge in [-0.25, -0.2) is 19.6 Å². The van der Waals surface area contributed by atoms with Gasteiger partial charge in [-0.2, -0.15) is 5.10 Å². The molecule has 4 aromatic rings. The molecule has 0 aliphatic carbocycles. The number of nitrogens with zero attached hydrogens (tertiary/aromatic N) is 5. The van der Waals surface area contributed by atoms with Gasteiger partial charge in [0.05, 0.1) is 20.9 Å². The number of para-hydroxylation sites is 1. The molecular formula is C17H12Cl2N6. The SMILES string of the molecule is Cc1cc(Nc2nccc3nn(-c4c(Cl)cccc4Cl)cc23)ncn1. The van der Waals surface area contributed by atoms with Gasteiger partial charge in [0.25, 0.3) is 0 Å². The molecule has 8 heteroatoms. The molecule has 0 saturated heterocycles. The number of aromatic nitrogens is 5. The number of halogens is 2. The van der Waals surface area contributed by atoms with Gasteiger partial charge in [-0.3, -0.25) is 0 Å². The summed E-state index contributed by atoms with van der Waals surface area (Å²) >= 11 is 12.6. The Bertz CT molecular complexity index is 1060. The van der Waals surface area contributed by atoms with E-state index in [2.05, 4.69) is 25.4 Å². The van der Waals surface area contributed by atoms with Gasteiger partial charge >= 0.3 is 0 Å². The molecule has 25 heavy (non-hydrogen) atoms. The summed E-state index contributed by atoms with van der Waals surface area (Å²) in [6.07, 6.45) is 5.03. The van der Waals surface area contributed by atoms with Crippen LogP contribution in [0.15, 0.2) is 49.1 Å². The summed E-state index contributed by atoms with van der Waals surface area (Å²) in [5.41, 5.74) is 2.26. The third-order valence-corrected chi connectivity index (χ3v) is 4.26. The largest absolute Gasteiger partial charge is 0.324 e. The lowest BCUT2D eigenvalue weighted by Crippen LogP contribution is -1.97. The predicted octanol–water partition coefficient (Wildman–Crippen LogP) is 4.57. The molecule has 124 valence electrons. The first-order valence-electron chi connectivity index (χ1n) is 7.46. The first-order valence-corrected chi connectivity index (χ1v) is 8.22. The van der Waals surface area contributed by atoms with Crippen molar-refractivity contribution in [3.05, 3.63) is 64.8 Å². The maximum absolute atomic E-state index is 6.29. The van der Waals surface area contributed by atoms with Crippen molar-refractivity contribution >= 4 is 45.7 Å². The highest BCUT2D eigenvalue weighted by Gasteiger charge is 2.13. The zero-order valence-corrected chi connectivity index (χ0v) is 14.6. The van der Waals surface area contributed by atoms with Crippen molar-refractivity contribution in [3.63, 3.8) is 0 Å². The molecule has 0 fully saturated rings. The molecule has 0 spiro atoms. The number of hydrogen-bond donors (Lipinski definition) is 1. The first kappa shape index (κ1) is 15.8. The lowest BCUT2D eigenvalue weighted by Gasteiger charge is -2.06. The van der Waals surface area contributed by atoms with Crippen LogP contribution in [0.25, 0.3) is 16.6 Å². The van der Waals surface area contributed by atoms with Crippen LogP contribution in [-0.4, -0.2) is 24.7 Å². The minimum Gasteiger partial charge on any atom is -0.324 e. The zero-order valence-electron chi connectivity index (χ0n) is 13.1. The van der Waals surface area contributed by atoms with Crippen LogP contribution in [0, 0.1) is 6.92 Å². The maximum atomic E-state index is 6.29. The summed E-state index contributed by atoms with van der Waals surface area (Å²) in [4.78, 5) is 12.7. The van der Waals surface area contributed by atoms with Crippen molar-refractivity contribution in [2.24, 2.45) is 0 Å². The average molecular weight is 371 g/mol. The van der Waals surface area contributed by atoms with Crippen molar-refractivity contribution in [2.45, 2.75) is 6.92 Å². The molecule has 4 rings (SSSR count). The van der Waals surface area contributed by atoms with Crippen LogP contribution in [0.2, 0.25) is 10.0 Å². The number of pyridine rings is 1. The van der Waals surface area contributed by atoms with E-state index < -0.39 is 0 Å². The second-order valence-corrected chi connectivity index (χ2v) is 6.22. The minimum atomic E-state index is 0.522. The van der Waals surface area contributed by atoms with E-state index in [-0.39, 0.29) is 0 Å². The van der Waals surface area contributed by atoms with E-state index in [1.54, 1.807) is 29.1 Å². The Morgan fingerprint density at radius 3 is 2.60 bits per heavy atom. The van der Waals surface area contributed by atoms with Crippen molar-refractivity contribution in [1.82, 2.24) is 24.7 Å². The van der Waals surface area contributed by atoms with Crippen molar-refractivity contribution in [1.29, 1.82) is 0 Å². The number of aryl methyl sites for hydroxylation is 1. The molecule has 1 N–H and O–H groups in total. The number of nitrogens with one attached hydrogen (secondary N) is 1. The van der Waals surface area contributed by atoms with Crippen LogP contribution in [0.5, 0.6) is 0 Å². The number of anilines is 2. The Labute approximate surface area is 153 Å². The number of fused-ring (bicyclic) bond motifs is 1. The lowest BCUT2D eigenvalue weighted by molar-refractivity contribution is 0.897. The van der Waals surface area contributed by atoms with Crippen molar-refractivity contribution in [3.8, 4) is 5.69 Å². The Balaban J connectivity index is 1.82. The van der Waals surface area contributed by atoms with E-state index in [9.17, 15) is 0 Å². The molecule has 0 unspecified atom stereocenters. The van der Waals surface area contributed by atoms with Crippen LogP contribution in [-0.2, 0) is 0 Å². The maximum Gasteiger partial charge on any atom is 0.142 e. The Morgan fingerprint density at radius 2 is 1.84 bits per heavy atom. The Kier molecular flexibility index (Phi) is 3.99. The topological polar surface area (TPSA) is 68.5 Å². The van der Waals surface area contributed by atoms with Gasteiger partial charge in [0, 0.05) is 24.2 Å². The molecule has 0 aliphatic rings. The van der Waals surface area contributed by atoms with Crippen LogP contribution in [0.1, 0.15) is 5.69 Å². The molecule has 3 heterocycles. The molecule has 1 aromatic carbocycles. The van der Waals surface area contributed by atoms with Crippen LogP contribution in [0.4, 0.5) is 11.6 Å². The molecule has 0 amide bonds. The highest BCUT2D eigenvalue weighted by molar-refractivity contribution is 6.37. The predicted molar refractivity (Wildman–Crippen MR) is 98.9 cm³/mol. The monoisotopic (exact) mass is 370 g/mol. The van der Waals surface area contributed by atoms with Crippen molar-refractivity contribution < 1.29 is 0 Å². The van der Waals surface area contributed by atoms with Crippen molar-refractivity contribution in [2.75, 3.05) is 5.32 Å². The fourth-order valence-corrected chi connectivity index (χ4v) is 3.08. The average Bonchev–Trinajstić information content (AvgIpc) is 2.99. The Hall–Kier alpha value is -2.70. The standard InChI is InChI=1S/C17H12Cl2N6/c1-10-7-15(22-9-21-10)23-17-11-8-25(24-14(11)5-6-20-17)16-12(18)3-2-4-13(16)19/h2-9H,1H3,(H,20,21,22,23). The van der Waals surface area contributed by atoms with Gasteiger partial charge in [0.2, 0.25) is 0 Å². The smallest absolute Gasteiger partial charge is 0.142 e. The highest BCUT2D eigenvalue weighted by atomic mass is 35.5. The molecular weight excluding hydrogens is 359 g/mol. The van der Waals surface area contributed by atoms with Crippen LogP contribution >= 0.6 is 23.2 Å². The van der Waals surface area contributed by atoms with Gasteiger partial charge in [-0.05, 0) is 25.1 Å². The van der Waals surface area contributed by atoms with Gasteiger partial charge in [-0.15, -0.1) is 0 Å². The molecule has 0 radical (unpaired) electrons. The van der Waals surface area contributed by atoms with Gasteiger partial charge < -0.3 is 5.32 Å². The van der Waals surface area contributed by atoms with Gasteiger partial charge in [-0.1, -0.05) is 29.3 Å². The summed E-state index contributed by atoms with van der Waals surface area (Å²) in [6, 6.07) is 9.01.